The lowest BCUT2D eigenvalue weighted by Crippen LogP contribution is -2.46. The fourth-order valence-electron chi connectivity index (χ4n) is 3.29. The Balaban J connectivity index is 1.81. The molecular formula is C16H21NO. The van der Waals surface area contributed by atoms with Gasteiger partial charge in [-0.05, 0) is 31.7 Å². The number of rotatable bonds is 3. The number of carbonyl (C=O) groups excluding carboxylic acids is 1. The molecular weight excluding hydrogens is 222 g/mol. The van der Waals surface area contributed by atoms with Gasteiger partial charge in [-0.2, -0.15) is 0 Å². The molecule has 1 heterocycles. The van der Waals surface area contributed by atoms with E-state index in [1.54, 1.807) is 0 Å². The molecule has 1 aliphatic carbocycles. The van der Waals surface area contributed by atoms with Crippen molar-refractivity contribution >= 4 is 5.91 Å². The van der Waals surface area contributed by atoms with Gasteiger partial charge in [-0.15, -0.1) is 0 Å². The Bertz CT molecular complexity index is 445. The van der Waals surface area contributed by atoms with Crippen LogP contribution in [0.4, 0.5) is 0 Å². The third-order valence-corrected chi connectivity index (χ3v) is 4.64. The van der Waals surface area contributed by atoms with Crippen LogP contribution in [0.15, 0.2) is 24.3 Å². The van der Waals surface area contributed by atoms with E-state index in [1.807, 2.05) is 0 Å². The van der Waals surface area contributed by atoms with Crippen molar-refractivity contribution in [3.8, 4) is 0 Å². The number of hydrogen-bond donors (Lipinski definition) is 0. The highest BCUT2D eigenvalue weighted by atomic mass is 16.2. The molecule has 2 aliphatic rings. The minimum atomic E-state index is 0.258. The van der Waals surface area contributed by atoms with E-state index in [0.29, 0.717) is 5.91 Å². The molecule has 0 bridgehead atoms. The van der Waals surface area contributed by atoms with E-state index in [9.17, 15) is 4.79 Å². The van der Waals surface area contributed by atoms with Crippen molar-refractivity contribution in [3.63, 3.8) is 0 Å². The van der Waals surface area contributed by atoms with E-state index >= 15 is 0 Å². The van der Waals surface area contributed by atoms with Crippen LogP contribution in [0.5, 0.6) is 0 Å². The topological polar surface area (TPSA) is 20.3 Å². The van der Waals surface area contributed by atoms with Gasteiger partial charge in [0.2, 0.25) is 5.91 Å². The summed E-state index contributed by atoms with van der Waals surface area (Å²) in [6.45, 7) is 4.03. The predicted molar refractivity (Wildman–Crippen MR) is 72.5 cm³/mol. The molecule has 0 unspecified atom stereocenters. The fraction of sp³-hybridized carbons (Fsp3) is 0.562. The predicted octanol–water partition coefficient (Wildman–Crippen LogP) is 3.04. The average molecular weight is 243 g/mol. The summed E-state index contributed by atoms with van der Waals surface area (Å²) in [5, 5.41) is 0. The van der Waals surface area contributed by atoms with E-state index in [0.717, 1.165) is 25.9 Å². The lowest BCUT2D eigenvalue weighted by atomic mass is 9.64. The summed E-state index contributed by atoms with van der Waals surface area (Å²) < 4.78 is 0. The van der Waals surface area contributed by atoms with Crippen molar-refractivity contribution in [2.45, 2.75) is 44.4 Å². The molecule has 0 atom stereocenters. The third-order valence-electron chi connectivity index (χ3n) is 4.64. The Morgan fingerprint density at radius 3 is 2.39 bits per heavy atom. The monoisotopic (exact) mass is 243 g/mol. The van der Waals surface area contributed by atoms with Gasteiger partial charge < -0.3 is 4.90 Å². The van der Waals surface area contributed by atoms with Crippen molar-refractivity contribution in [2.24, 2.45) is 0 Å². The zero-order valence-electron chi connectivity index (χ0n) is 11.1. The summed E-state index contributed by atoms with van der Waals surface area (Å²) in [4.78, 5) is 13.9. The molecule has 1 saturated carbocycles. The highest BCUT2D eigenvalue weighted by molar-refractivity contribution is 5.78. The second-order valence-corrected chi connectivity index (χ2v) is 5.92. The standard InChI is InChI=1S/C16H21NO/c1-13-5-7-14(8-6-13)16(9-3-10-16)12-17-11-2-4-15(17)18/h5-8H,2-4,9-12H2,1H3. The maximum Gasteiger partial charge on any atom is 0.222 e. The highest BCUT2D eigenvalue weighted by Crippen LogP contribution is 2.44. The van der Waals surface area contributed by atoms with Crippen LogP contribution >= 0.6 is 0 Å². The van der Waals surface area contributed by atoms with Crippen LogP contribution in [0, 0.1) is 6.92 Å². The molecule has 2 fully saturated rings. The lowest BCUT2D eigenvalue weighted by molar-refractivity contribution is -0.128. The molecule has 1 amide bonds. The molecule has 2 heteroatoms. The van der Waals surface area contributed by atoms with Gasteiger partial charge in [-0.3, -0.25) is 4.79 Å². The van der Waals surface area contributed by atoms with Crippen molar-refractivity contribution < 1.29 is 4.79 Å². The highest BCUT2D eigenvalue weighted by Gasteiger charge is 2.41. The number of amides is 1. The molecule has 18 heavy (non-hydrogen) atoms. The number of likely N-dealkylation sites (tertiary alicyclic amines) is 1. The van der Waals surface area contributed by atoms with Gasteiger partial charge >= 0.3 is 0 Å². The first-order chi connectivity index (χ1) is 8.70. The van der Waals surface area contributed by atoms with Crippen LogP contribution in [0.25, 0.3) is 0 Å². The molecule has 0 N–H and O–H groups in total. The molecule has 96 valence electrons. The van der Waals surface area contributed by atoms with Crippen LogP contribution in [0.1, 0.15) is 43.2 Å². The Labute approximate surface area is 109 Å². The SMILES string of the molecule is Cc1ccc(C2(CN3CCCC3=O)CCC2)cc1. The van der Waals surface area contributed by atoms with Crippen molar-refractivity contribution in [3.05, 3.63) is 35.4 Å². The quantitative estimate of drug-likeness (QED) is 0.799. The second kappa shape index (κ2) is 4.42. The van der Waals surface area contributed by atoms with Gasteiger partial charge in [0.1, 0.15) is 0 Å². The Morgan fingerprint density at radius 1 is 1.17 bits per heavy atom. The summed E-state index contributed by atoms with van der Waals surface area (Å²) in [5.74, 6) is 0.355. The molecule has 1 aromatic carbocycles. The van der Waals surface area contributed by atoms with Crippen molar-refractivity contribution in [2.75, 3.05) is 13.1 Å². The number of aryl methyl sites for hydroxylation is 1. The minimum Gasteiger partial charge on any atom is -0.342 e. The lowest BCUT2D eigenvalue weighted by Gasteiger charge is -2.45. The Morgan fingerprint density at radius 2 is 1.89 bits per heavy atom. The van der Waals surface area contributed by atoms with Crippen LogP contribution in [0.2, 0.25) is 0 Å². The van der Waals surface area contributed by atoms with Gasteiger partial charge in [0, 0.05) is 24.9 Å². The van der Waals surface area contributed by atoms with Crippen LogP contribution in [0.3, 0.4) is 0 Å². The molecule has 1 aliphatic heterocycles. The molecule has 0 spiro atoms. The van der Waals surface area contributed by atoms with Crippen LogP contribution < -0.4 is 0 Å². The first kappa shape index (κ1) is 11.8. The van der Waals surface area contributed by atoms with E-state index in [2.05, 4.69) is 36.1 Å². The number of hydrogen-bond acceptors (Lipinski definition) is 1. The van der Waals surface area contributed by atoms with Gasteiger partial charge in [0.05, 0.1) is 0 Å². The first-order valence-corrected chi connectivity index (χ1v) is 7.05. The maximum atomic E-state index is 11.8. The summed E-state index contributed by atoms with van der Waals surface area (Å²) in [6.07, 6.45) is 5.57. The summed E-state index contributed by atoms with van der Waals surface area (Å²) in [5.41, 5.74) is 3.00. The smallest absolute Gasteiger partial charge is 0.222 e. The normalized spacial score (nSPS) is 22.1. The van der Waals surface area contributed by atoms with Crippen LogP contribution in [-0.4, -0.2) is 23.9 Å². The first-order valence-electron chi connectivity index (χ1n) is 7.05. The van der Waals surface area contributed by atoms with Gasteiger partial charge in [-0.25, -0.2) is 0 Å². The zero-order chi connectivity index (χ0) is 12.6. The average Bonchev–Trinajstić information content (AvgIpc) is 2.71. The number of nitrogens with zero attached hydrogens (tertiary/aromatic N) is 1. The van der Waals surface area contributed by atoms with E-state index in [4.69, 9.17) is 0 Å². The van der Waals surface area contributed by atoms with Crippen LogP contribution in [-0.2, 0) is 10.2 Å². The van der Waals surface area contributed by atoms with Gasteiger partial charge in [0.25, 0.3) is 0 Å². The molecule has 0 aromatic heterocycles. The zero-order valence-corrected chi connectivity index (χ0v) is 11.1. The number of benzene rings is 1. The second-order valence-electron chi connectivity index (χ2n) is 5.92. The summed E-state index contributed by atoms with van der Waals surface area (Å²) in [6, 6.07) is 8.91. The number of carbonyl (C=O) groups is 1. The third kappa shape index (κ3) is 1.94. The molecule has 1 saturated heterocycles. The minimum absolute atomic E-state index is 0.258. The Kier molecular flexibility index (Phi) is 2.89. The summed E-state index contributed by atoms with van der Waals surface area (Å²) in [7, 11) is 0. The van der Waals surface area contributed by atoms with Crippen molar-refractivity contribution in [1.82, 2.24) is 4.90 Å². The molecule has 2 nitrogen and oxygen atoms in total. The van der Waals surface area contributed by atoms with E-state index in [-0.39, 0.29) is 5.41 Å². The maximum absolute atomic E-state index is 11.8. The van der Waals surface area contributed by atoms with Gasteiger partial charge in [0.15, 0.2) is 0 Å². The van der Waals surface area contributed by atoms with E-state index < -0.39 is 0 Å². The van der Waals surface area contributed by atoms with E-state index in [1.165, 1.54) is 30.4 Å². The molecule has 1 aromatic rings. The van der Waals surface area contributed by atoms with Gasteiger partial charge in [-0.1, -0.05) is 36.2 Å². The Hall–Kier alpha value is -1.31. The summed E-state index contributed by atoms with van der Waals surface area (Å²) >= 11 is 0. The largest absolute Gasteiger partial charge is 0.342 e. The molecule has 3 rings (SSSR count). The fourth-order valence-corrected chi connectivity index (χ4v) is 3.29. The molecule has 0 radical (unpaired) electrons. The van der Waals surface area contributed by atoms with Crippen molar-refractivity contribution in [1.29, 1.82) is 0 Å².